The maximum atomic E-state index is 15.2. The highest BCUT2D eigenvalue weighted by Gasteiger charge is 2.44. The average Bonchev–Trinajstić information content (AvgIpc) is 3.57. The van der Waals surface area contributed by atoms with Crippen molar-refractivity contribution in [3.63, 3.8) is 0 Å². The van der Waals surface area contributed by atoms with E-state index in [0.29, 0.717) is 22.3 Å². The second-order valence-electron chi connectivity index (χ2n) is 10.8. The Morgan fingerprint density at radius 3 is 2.60 bits per heavy atom. The number of nitrogen functional groups attached to an aromatic ring is 1. The normalized spacial score (nSPS) is 20.2. The highest BCUT2D eigenvalue weighted by atomic mass is 32.2. The number of nitrogens with two attached hydrogens (primary N) is 1. The average molecular weight is 647 g/mol. The summed E-state index contributed by atoms with van der Waals surface area (Å²) in [6.07, 6.45) is 0.975. The maximum absolute atomic E-state index is 15.2. The van der Waals surface area contributed by atoms with Crippen molar-refractivity contribution in [3.8, 4) is 22.9 Å². The Hall–Kier alpha value is -4.48. The van der Waals surface area contributed by atoms with Gasteiger partial charge < -0.3 is 20.5 Å². The van der Waals surface area contributed by atoms with E-state index in [0.717, 1.165) is 4.31 Å². The molecule has 2 fully saturated rings. The van der Waals surface area contributed by atoms with Crippen molar-refractivity contribution < 1.29 is 35.9 Å². The first-order valence-corrected chi connectivity index (χ1v) is 15.2. The van der Waals surface area contributed by atoms with Crippen LogP contribution in [0.4, 0.5) is 19.0 Å². The van der Waals surface area contributed by atoms with Crippen LogP contribution in [0.1, 0.15) is 15.9 Å². The van der Waals surface area contributed by atoms with Gasteiger partial charge in [0.15, 0.2) is 5.82 Å². The molecule has 0 saturated carbocycles. The molecule has 1 aromatic carbocycles. The van der Waals surface area contributed by atoms with E-state index >= 15 is 4.39 Å². The highest BCUT2D eigenvalue weighted by Crippen LogP contribution is 2.34. The third-order valence-electron chi connectivity index (χ3n) is 7.77. The van der Waals surface area contributed by atoms with Crippen LogP contribution in [0.3, 0.4) is 0 Å². The Morgan fingerprint density at radius 1 is 1.13 bits per heavy atom. The SMILES string of the molecule is COc1ccccc1S(=O)(=O)N1C[C@H](F)[C@H](NC(=O)c2cc(-c3cc(CN4CC(F)(F)C4)c4c(N)ncnn34)cnc2OC)C1. The molecule has 0 unspecified atom stereocenters. The van der Waals surface area contributed by atoms with Crippen molar-refractivity contribution in [2.24, 2.45) is 0 Å². The fraction of sp³-hybridized carbons (Fsp3) is 0.357. The summed E-state index contributed by atoms with van der Waals surface area (Å²) in [5.41, 5.74) is 7.96. The number of para-hydroxylation sites is 1. The number of nitrogens with one attached hydrogen (secondary N) is 1. The van der Waals surface area contributed by atoms with Gasteiger partial charge in [-0.1, -0.05) is 12.1 Å². The first kappa shape index (κ1) is 30.5. The van der Waals surface area contributed by atoms with Gasteiger partial charge in [-0.15, -0.1) is 0 Å². The summed E-state index contributed by atoms with van der Waals surface area (Å²) in [6, 6.07) is 8.01. The maximum Gasteiger partial charge on any atom is 0.272 e. The number of nitrogens with zero attached hydrogens (tertiary/aromatic N) is 6. The molecule has 5 heterocycles. The molecule has 0 aliphatic carbocycles. The number of sulfonamides is 1. The zero-order valence-electron chi connectivity index (χ0n) is 24.2. The van der Waals surface area contributed by atoms with Gasteiger partial charge in [0.2, 0.25) is 15.9 Å². The number of benzene rings is 1. The number of carbonyl (C=O) groups is 1. The Labute approximate surface area is 255 Å². The molecule has 2 aliphatic rings. The second-order valence-corrected chi connectivity index (χ2v) is 12.7. The molecule has 3 N–H and O–H groups in total. The molecule has 0 bridgehead atoms. The lowest BCUT2D eigenvalue weighted by Crippen LogP contribution is -2.55. The number of anilines is 1. The monoisotopic (exact) mass is 646 g/mol. The molecule has 6 rings (SSSR count). The van der Waals surface area contributed by atoms with Crippen LogP contribution >= 0.6 is 0 Å². The summed E-state index contributed by atoms with van der Waals surface area (Å²) >= 11 is 0. The predicted molar refractivity (Wildman–Crippen MR) is 155 cm³/mol. The van der Waals surface area contributed by atoms with Crippen molar-refractivity contribution in [2.75, 3.05) is 46.1 Å². The summed E-state index contributed by atoms with van der Waals surface area (Å²) in [5.74, 6) is -3.30. The highest BCUT2D eigenvalue weighted by molar-refractivity contribution is 7.89. The molecule has 13 nitrogen and oxygen atoms in total. The fourth-order valence-electron chi connectivity index (χ4n) is 5.63. The van der Waals surface area contributed by atoms with Gasteiger partial charge in [-0.3, -0.25) is 9.69 Å². The largest absolute Gasteiger partial charge is 0.495 e. The lowest BCUT2D eigenvalue weighted by molar-refractivity contribution is -0.133. The molecule has 45 heavy (non-hydrogen) atoms. The van der Waals surface area contributed by atoms with Gasteiger partial charge in [0.25, 0.3) is 11.8 Å². The molecule has 0 radical (unpaired) electrons. The van der Waals surface area contributed by atoms with Gasteiger partial charge in [0.05, 0.1) is 39.0 Å². The summed E-state index contributed by atoms with van der Waals surface area (Å²) in [7, 11) is -1.48. The van der Waals surface area contributed by atoms with E-state index in [1.165, 1.54) is 55.5 Å². The third kappa shape index (κ3) is 5.62. The van der Waals surface area contributed by atoms with E-state index in [9.17, 15) is 22.0 Å². The minimum atomic E-state index is -4.13. The van der Waals surface area contributed by atoms with Crippen LogP contribution in [-0.2, 0) is 16.6 Å². The molecular weight excluding hydrogens is 617 g/mol. The van der Waals surface area contributed by atoms with E-state index in [4.69, 9.17) is 15.2 Å². The van der Waals surface area contributed by atoms with Gasteiger partial charge in [0.1, 0.15) is 34.2 Å². The molecular formula is C28H29F3N8O5S. The van der Waals surface area contributed by atoms with E-state index in [1.807, 2.05) is 0 Å². The zero-order chi connectivity index (χ0) is 32.1. The van der Waals surface area contributed by atoms with Crippen LogP contribution in [0, 0.1) is 0 Å². The van der Waals surface area contributed by atoms with Crippen molar-refractivity contribution in [1.29, 1.82) is 0 Å². The van der Waals surface area contributed by atoms with Crippen molar-refractivity contribution in [3.05, 3.63) is 60.0 Å². The smallest absolute Gasteiger partial charge is 0.272 e. The molecule has 2 saturated heterocycles. The van der Waals surface area contributed by atoms with Crippen molar-refractivity contribution in [2.45, 2.75) is 29.6 Å². The number of methoxy groups -OCH3 is 2. The molecule has 17 heteroatoms. The molecule has 0 spiro atoms. The van der Waals surface area contributed by atoms with Gasteiger partial charge in [0, 0.05) is 31.4 Å². The van der Waals surface area contributed by atoms with E-state index in [1.54, 1.807) is 17.0 Å². The van der Waals surface area contributed by atoms with Crippen LogP contribution in [-0.4, -0.2) is 102 Å². The Kier molecular flexibility index (Phi) is 7.78. The number of rotatable bonds is 9. The Balaban J connectivity index is 1.27. The Morgan fingerprint density at radius 2 is 1.89 bits per heavy atom. The number of ether oxygens (including phenoxy) is 2. The molecule has 2 atom stereocenters. The first-order chi connectivity index (χ1) is 21.4. The van der Waals surface area contributed by atoms with Crippen molar-refractivity contribution in [1.82, 2.24) is 34.1 Å². The van der Waals surface area contributed by atoms with E-state index < -0.39 is 53.7 Å². The number of fused-ring (bicyclic) bond motifs is 1. The van der Waals surface area contributed by atoms with Crippen molar-refractivity contribution >= 4 is 27.3 Å². The van der Waals surface area contributed by atoms with Gasteiger partial charge >= 0.3 is 0 Å². The fourth-order valence-corrected chi connectivity index (χ4v) is 7.26. The Bertz CT molecular complexity index is 1880. The number of likely N-dealkylation sites (tertiary alicyclic amines) is 1. The minimum absolute atomic E-state index is 0.0471. The quantitative estimate of drug-likeness (QED) is 0.276. The summed E-state index contributed by atoms with van der Waals surface area (Å²) in [4.78, 5) is 23.2. The van der Waals surface area contributed by atoms with E-state index in [2.05, 4.69) is 20.4 Å². The number of amides is 1. The lowest BCUT2D eigenvalue weighted by Gasteiger charge is -2.38. The summed E-state index contributed by atoms with van der Waals surface area (Å²) in [5, 5.41) is 6.86. The molecule has 1 amide bonds. The van der Waals surface area contributed by atoms with Gasteiger partial charge in [-0.2, -0.15) is 9.40 Å². The number of carbonyl (C=O) groups excluding carboxylic acids is 1. The van der Waals surface area contributed by atoms with Crippen LogP contribution < -0.4 is 20.5 Å². The zero-order valence-corrected chi connectivity index (χ0v) is 25.0. The number of halogens is 3. The third-order valence-corrected chi connectivity index (χ3v) is 9.64. The molecule has 4 aromatic rings. The summed E-state index contributed by atoms with van der Waals surface area (Å²) < 4.78 is 81.7. The first-order valence-electron chi connectivity index (χ1n) is 13.8. The van der Waals surface area contributed by atoms with Crippen LogP contribution in [0.15, 0.2) is 53.8 Å². The summed E-state index contributed by atoms with van der Waals surface area (Å²) in [6.45, 7) is -1.40. The number of alkyl halides is 3. The second kappa shape index (κ2) is 11.5. The van der Waals surface area contributed by atoms with Gasteiger partial charge in [-0.05, 0) is 29.8 Å². The molecule has 2 aliphatic heterocycles. The van der Waals surface area contributed by atoms with Crippen LogP contribution in [0.25, 0.3) is 16.8 Å². The minimum Gasteiger partial charge on any atom is -0.495 e. The van der Waals surface area contributed by atoms with Crippen LogP contribution in [0.5, 0.6) is 11.6 Å². The number of pyridine rings is 1. The molecule has 3 aromatic heterocycles. The number of aromatic nitrogens is 4. The molecule has 238 valence electrons. The number of hydrogen-bond acceptors (Lipinski definition) is 10. The van der Waals surface area contributed by atoms with Gasteiger partial charge in [-0.25, -0.2) is 36.1 Å². The lowest BCUT2D eigenvalue weighted by atomic mass is 10.1. The van der Waals surface area contributed by atoms with E-state index in [-0.39, 0.29) is 41.0 Å². The topological polar surface area (TPSA) is 157 Å². The standard InChI is InChI=1S/C28H29F3N8O5S/c1-43-22-5-3-4-6-23(22)45(41,42)38-11-19(29)20(12-38)36-26(40)18-7-16(9-33-27(18)44-2)21-8-17(10-37-13-28(30,31)14-37)24-25(32)34-15-35-39(21)24/h3-9,15,19-20H,10-14H2,1-2H3,(H,36,40)(H2,32,34,35)/t19-,20+/m0/s1. The van der Waals surface area contributed by atoms with Crippen LogP contribution in [0.2, 0.25) is 0 Å². The predicted octanol–water partition coefficient (Wildman–Crippen LogP) is 1.98. The number of hydrogen-bond donors (Lipinski definition) is 2.